The number of rotatable bonds is 3. The fraction of sp³-hybridized carbons (Fsp3) is 0.364. The first kappa shape index (κ1) is 12.3. The van der Waals surface area contributed by atoms with Gasteiger partial charge in [0.2, 0.25) is 0 Å². The molecule has 17 heavy (non-hydrogen) atoms. The summed E-state index contributed by atoms with van der Waals surface area (Å²) in [5.74, 6) is -0.402. The molecule has 92 valence electrons. The highest BCUT2D eigenvalue weighted by molar-refractivity contribution is 7.99. The van der Waals surface area contributed by atoms with E-state index in [4.69, 9.17) is 5.11 Å². The van der Waals surface area contributed by atoms with E-state index in [1.165, 1.54) is 23.9 Å². The third-order valence-electron chi connectivity index (χ3n) is 2.57. The van der Waals surface area contributed by atoms with E-state index in [1.54, 1.807) is 12.1 Å². The highest BCUT2D eigenvalue weighted by Gasteiger charge is 2.30. The summed E-state index contributed by atoms with van der Waals surface area (Å²) in [4.78, 5) is 10.7. The van der Waals surface area contributed by atoms with Crippen LogP contribution in [-0.2, 0) is 4.79 Å². The van der Waals surface area contributed by atoms with Crippen LogP contribution in [0.4, 0.5) is 8.78 Å². The van der Waals surface area contributed by atoms with Gasteiger partial charge in [0.05, 0.1) is 5.37 Å². The first-order valence-electron chi connectivity index (χ1n) is 5.06. The lowest BCUT2D eigenvalue weighted by Gasteiger charge is -2.11. The van der Waals surface area contributed by atoms with Crippen molar-refractivity contribution < 1.29 is 18.7 Å². The van der Waals surface area contributed by atoms with Crippen molar-refractivity contribution in [3.05, 3.63) is 35.4 Å². The molecule has 0 aliphatic carbocycles. The molecule has 0 aromatic heterocycles. The monoisotopic (exact) mass is 259 g/mol. The number of benzene rings is 1. The number of carbonyl (C=O) groups is 1. The molecule has 0 saturated carbocycles. The predicted octanol–water partition coefficient (Wildman–Crippen LogP) is 2.41. The van der Waals surface area contributed by atoms with E-state index in [9.17, 15) is 13.6 Å². The Hall–Kier alpha value is -1.14. The number of hydrogen-bond donors (Lipinski definition) is 2. The van der Waals surface area contributed by atoms with Crippen LogP contribution in [0.3, 0.4) is 0 Å². The van der Waals surface area contributed by atoms with Gasteiger partial charge in [0, 0.05) is 11.3 Å². The Kier molecular flexibility index (Phi) is 3.63. The number of alkyl halides is 2. The second-order valence-corrected chi connectivity index (χ2v) is 4.88. The molecule has 0 bridgehead atoms. The first-order chi connectivity index (χ1) is 8.08. The van der Waals surface area contributed by atoms with Crippen molar-refractivity contribution in [1.82, 2.24) is 5.32 Å². The number of halogens is 2. The van der Waals surface area contributed by atoms with Crippen LogP contribution in [0.5, 0.6) is 0 Å². The number of nitrogens with one attached hydrogen (secondary N) is 1. The number of aliphatic carboxylic acids is 1. The molecule has 2 unspecified atom stereocenters. The van der Waals surface area contributed by atoms with Gasteiger partial charge in [-0.3, -0.25) is 10.1 Å². The Morgan fingerprint density at radius 3 is 2.53 bits per heavy atom. The van der Waals surface area contributed by atoms with Gasteiger partial charge in [-0.25, -0.2) is 8.78 Å². The summed E-state index contributed by atoms with van der Waals surface area (Å²) in [6, 6.07) is 5.39. The van der Waals surface area contributed by atoms with Gasteiger partial charge >= 0.3 is 5.97 Å². The van der Waals surface area contributed by atoms with E-state index in [0.717, 1.165) is 5.56 Å². The zero-order valence-electron chi connectivity index (χ0n) is 8.77. The van der Waals surface area contributed by atoms with Crippen LogP contribution >= 0.6 is 11.8 Å². The minimum absolute atomic E-state index is 0.0217. The molecule has 6 heteroatoms. The molecule has 2 N–H and O–H groups in total. The SMILES string of the molecule is O=C(O)C1CSC(c2ccc(C(F)F)cc2)N1. The molecule has 1 aromatic carbocycles. The lowest BCUT2D eigenvalue weighted by molar-refractivity contribution is -0.138. The molecule has 0 radical (unpaired) electrons. The van der Waals surface area contributed by atoms with E-state index < -0.39 is 18.4 Å². The molecule has 1 aromatic rings. The maximum absolute atomic E-state index is 12.3. The van der Waals surface area contributed by atoms with Gasteiger partial charge in [0.1, 0.15) is 6.04 Å². The van der Waals surface area contributed by atoms with Crippen LogP contribution in [-0.4, -0.2) is 22.9 Å². The normalized spacial score (nSPS) is 24.2. The zero-order valence-corrected chi connectivity index (χ0v) is 9.58. The molecule has 1 aliphatic heterocycles. The molecular weight excluding hydrogens is 248 g/mol. The van der Waals surface area contributed by atoms with Crippen molar-refractivity contribution in [3.63, 3.8) is 0 Å². The molecule has 2 rings (SSSR count). The van der Waals surface area contributed by atoms with E-state index in [-0.39, 0.29) is 10.9 Å². The Bertz CT molecular complexity index is 410. The van der Waals surface area contributed by atoms with Gasteiger partial charge in [0.15, 0.2) is 0 Å². The van der Waals surface area contributed by atoms with E-state index in [1.807, 2.05) is 0 Å². The Morgan fingerprint density at radius 1 is 1.41 bits per heavy atom. The second-order valence-electron chi connectivity index (χ2n) is 3.74. The highest BCUT2D eigenvalue weighted by atomic mass is 32.2. The quantitative estimate of drug-likeness (QED) is 0.875. The summed E-state index contributed by atoms with van der Waals surface area (Å²) in [6.45, 7) is 0. The van der Waals surface area contributed by atoms with Crippen LogP contribution in [0.2, 0.25) is 0 Å². The largest absolute Gasteiger partial charge is 0.480 e. The van der Waals surface area contributed by atoms with Gasteiger partial charge in [-0.1, -0.05) is 24.3 Å². The third-order valence-corrected chi connectivity index (χ3v) is 3.84. The third kappa shape index (κ3) is 2.76. The topological polar surface area (TPSA) is 49.3 Å². The zero-order chi connectivity index (χ0) is 12.4. The average Bonchev–Trinajstić information content (AvgIpc) is 2.78. The maximum atomic E-state index is 12.3. The van der Waals surface area contributed by atoms with Gasteiger partial charge in [0.25, 0.3) is 6.43 Å². The maximum Gasteiger partial charge on any atom is 0.321 e. The van der Waals surface area contributed by atoms with Crippen molar-refractivity contribution >= 4 is 17.7 Å². The van der Waals surface area contributed by atoms with E-state index in [2.05, 4.69) is 5.32 Å². The summed E-state index contributed by atoms with van der Waals surface area (Å²) in [5.41, 5.74) is 0.801. The molecule has 1 heterocycles. The molecule has 1 aliphatic rings. The van der Waals surface area contributed by atoms with Gasteiger partial charge in [-0.05, 0) is 5.56 Å². The highest BCUT2D eigenvalue weighted by Crippen LogP contribution is 2.33. The van der Waals surface area contributed by atoms with Crippen LogP contribution in [0.15, 0.2) is 24.3 Å². The van der Waals surface area contributed by atoms with Crippen molar-refractivity contribution in [1.29, 1.82) is 0 Å². The summed E-state index contributed by atoms with van der Waals surface area (Å²) in [5, 5.41) is 11.6. The standard InChI is InChI=1S/C11H11F2NO2S/c12-9(13)6-1-3-7(4-2-6)10-14-8(5-17-10)11(15)16/h1-4,8-10,14H,5H2,(H,15,16). The minimum atomic E-state index is -2.47. The first-order valence-corrected chi connectivity index (χ1v) is 6.11. The van der Waals surface area contributed by atoms with Crippen molar-refractivity contribution in [2.24, 2.45) is 0 Å². The van der Waals surface area contributed by atoms with Gasteiger partial charge in [-0.15, -0.1) is 11.8 Å². The Morgan fingerprint density at radius 2 is 2.06 bits per heavy atom. The molecular formula is C11H11F2NO2S. The van der Waals surface area contributed by atoms with Gasteiger partial charge in [-0.2, -0.15) is 0 Å². The lowest BCUT2D eigenvalue weighted by Crippen LogP contribution is -2.33. The lowest BCUT2D eigenvalue weighted by atomic mass is 10.1. The van der Waals surface area contributed by atoms with Crippen LogP contribution < -0.4 is 5.32 Å². The van der Waals surface area contributed by atoms with Crippen molar-refractivity contribution in [2.45, 2.75) is 17.8 Å². The summed E-state index contributed by atoms with van der Waals surface area (Å²) >= 11 is 1.47. The van der Waals surface area contributed by atoms with Crippen LogP contribution in [0, 0.1) is 0 Å². The molecule has 1 saturated heterocycles. The fourth-order valence-electron chi connectivity index (χ4n) is 1.62. The van der Waals surface area contributed by atoms with Crippen molar-refractivity contribution in [3.8, 4) is 0 Å². The summed E-state index contributed by atoms with van der Waals surface area (Å²) in [7, 11) is 0. The number of hydrogen-bond acceptors (Lipinski definition) is 3. The van der Waals surface area contributed by atoms with Crippen LogP contribution in [0.1, 0.15) is 22.9 Å². The molecule has 3 nitrogen and oxygen atoms in total. The average molecular weight is 259 g/mol. The molecule has 2 atom stereocenters. The number of thioether (sulfide) groups is 1. The van der Waals surface area contributed by atoms with Crippen molar-refractivity contribution in [2.75, 3.05) is 5.75 Å². The van der Waals surface area contributed by atoms with E-state index >= 15 is 0 Å². The molecule has 0 spiro atoms. The second kappa shape index (κ2) is 5.01. The number of carboxylic acids is 1. The molecule has 0 amide bonds. The Balaban J connectivity index is 2.06. The Labute approximate surface area is 101 Å². The smallest absolute Gasteiger partial charge is 0.321 e. The minimum Gasteiger partial charge on any atom is -0.480 e. The number of carboxylic acid groups (broad SMARTS) is 1. The molecule has 1 fully saturated rings. The van der Waals surface area contributed by atoms with E-state index in [0.29, 0.717) is 5.75 Å². The van der Waals surface area contributed by atoms with Gasteiger partial charge < -0.3 is 5.11 Å². The fourth-order valence-corrected chi connectivity index (χ4v) is 2.86. The van der Waals surface area contributed by atoms with Crippen LogP contribution in [0.25, 0.3) is 0 Å². The predicted molar refractivity (Wildman–Crippen MR) is 61.2 cm³/mol. The summed E-state index contributed by atoms with van der Waals surface area (Å²) in [6.07, 6.45) is -2.47. The summed E-state index contributed by atoms with van der Waals surface area (Å²) < 4.78 is 24.7.